The number of rotatable bonds is 4. The Bertz CT molecular complexity index is 583. The van der Waals surface area contributed by atoms with E-state index in [4.69, 9.17) is 10.0 Å². The molecule has 0 heterocycles. The number of halogens is 1. The lowest BCUT2D eigenvalue weighted by Gasteiger charge is -1.93. The fourth-order valence-electron chi connectivity index (χ4n) is 1.37. The Labute approximate surface area is 151 Å². The van der Waals surface area contributed by atoms with Gasteiger partial charge in [0, 0.05) is 15.6 Å². The number of aldehydes is 2. The molecule has 128 valence electrons. The van der Waals surface area contributed by atoms with Crippen molar-refractivity contribution < 1.29 is 19.6 Å². The molecule has 0 amide bonds. The highest BCUT2D eigenvalue weighted by atomic mass is 79.9. The molecule has 4 nitrogen and oxygen atoms in total. The molecule has 0 spiro atoms. The summed E-state index contributed by atoms with van der Waals surface area (Å²) in [5.41, 5.74) is 2.72. The maximum Gasteiger partial charge on any atom is 0.451 e. The molecular weight excluding hydrogens is 371 g/mol. The number of aryl methyl sites for hydroxylation is 1. The molecule has 2 aromatic rings. The first-order valence-electron chi connectivity index (χ1n) is 7.57. The van der Waals surface area contributed by atoms with E-state index in [9.17, 15) is 9.59 Å². The van der Waals surface area contributed by atoms with E-state index in [0.29, 0.717) is 11.9 Å². The molecule has 2 rings (SSSR count). The van der Waals surface area contributed by atoms with E-state index in [1.807, 2.05) is 36.4 Å². The van der Waals surface area contributed by atoms with Gasteiger partial charge in [-0.15, -0.1) is 0 Å². The Morgan fingerprint density at radius 1 is 0.875 bits per heavy atom. The number of hydrogen-bond acceptors (Lipinski definition) is 4. The zero-order chi connectivity index (χ0) is 18.4. The van der Waals surface area contributed by atoms with E-state index < -0.39 is 7.12 Å². The summed E-state index contributed by atoms with van der Waals surface area (Å²) in [6.45, 7) is 3.79. The summed E-state index contributed by atoms with van der Waals surface area (Å²) in [5, 5.41) is 15.8. The van der Waals surface area contributed by atoms with Gasteiger partial charge in [-0.25, -0.2) is 0 Å². The Kier molecular flexibility index (Phi) is 12.7. The maximum absolute atomic E-state index is 10.2. The molecule has 0 unspecified atom stereocenters. The van der Waals surface area contributed by atoms with E-state index in [1.165, 1.54) is 5.56 Å². The molecule has 0 atom stereocenters. The molecule has 0 aliphatic carbocycles. The lowest BCUT2D eigenvalue weighted by Crippen LogP contribution is -2.06. The summed E-state index contributed by atoms with van der Waals surface area (Å²) >= 11 is 3.26. The quantitative estimate of drug-likeness (QED) is 0.612. The summed E-state index contributed by atoms with van der Waals surface area (Å²) in [6, 6.07) is 14.8. The third kappa shape index (κ3) is 10.9. The topological polar surface area (TPSA) is 74.6 Å². The van der Waals surface area contributed by atoms with Gasteiger partial charge >= 0.3 is 7.12 Å². The van der Waals surface area contributed by atoms with E-state index in [0.717, 1.165) is 29.0 Å². The van der Waals surface area contributed by atoms with Crippen LogP contribution in [0.15, 0.2) is 53.0 Å². The van der Waals surface area contributed by atoms with Gasteiger partial charge in [-0.1, -0.05) is 66.2 Å². The van der Waals surface area contributed by atoms with Gasteiger partial charge in [-0.3, -0.25) is 9.59 Å². The zero-order valence-corrected chi connectivity index (χ0v) is 15.4. The van der Waals surface area contributed by atoms with Crippen LogP contribution < -0.4 is 0 Å². The minimum absolute atomic E-state index is 0.417. The number of benzene rings is 2. The smallest absolute Gasteiger partial charge is 0.427 e. The second-order valence-electron chi connectivity index (χ2n) is 4.77. The lowest BCUT2D eigenvalue weighted by molar-refractivity contribution is 0.111. The normalized spacial score (nSPS) is 8.88. The number of hydrogen-bond donors (Lipinski definition) is 2. The SMILES string of the molecule is CCB(O)O.CCc1ccc(C=O)cc1.O=Cc1ccc(Br)cc1. The summed E-state index contributed by atoms with van der Waals surface area (Å²) in [6.07, 6.45) is 3.13. The monoisotopic (exact) mass is 392 g/mol. The van der Waals surface area contributed by atoms with Crippen LogP contribution in [0, 0.1) is 0 Å². The van der Waals surface area contributed by atoms with Crippen molar-refractivity contribution in [1.82, 2.24) is 0 Å². The molecule has 0 radical (unpaired) electrons. The van der Waals surface area contributed by atoms with E-state index >= 15 is 0 Å². The molecule has 0 aliphatic heterocycles. The maximum atomic E-state index is 10.2. The third-order valence-corrected chi connectivity index (χ3v) is 3.42. The van der Waals surface area contributed by atoms with Crippen LogP contribution in [-0.2, 0) is 6.42 Å². The van der Waals surface area contributed by atoms with Gasteiger partial charge in [0.1, 0.15) is 12.6 Å². The molecule has 0 saturated carbocycles. The predicted molar refractivity (Wildman–Crippen MR) is 101 cm³/mol. The second kappa shape index (κ2) is 13.7. The van der Waals surface area contributed by atoms with Crippen molar-refractivity contribution in [2.24, 2.45) is 0 Å². The van der Waals surface area contributed by atoms with E-state index in [1.54, 1.807) is 19.1 Å². The van der Waals surface area contributed by atoms with Crippen LogP contribution in [0.4, 0.5) is 0 Å². The number of carbonyl (C=O) groups is 2. The summed E-state index contributed by atoms with van der Waals surface area (Å²) in [4.78, 5) is 20.3. The first-order valence-corrected chi connectivity index (χ1v) is 8.37. The molecular formula is C18H22BBrO4. The first kappa shape index (κ1) is 22.2. The molecule has 2 aromatic carbocycles. The second-order valence-corrected chi connectivity index (χ2v) is 5.69. The van der Waals surface area contributed by atoms with E-state index in [-0.39, 0.29) is 0 Å². The van der Waals surface area contributed by atoms with Crippen molar-refractivity contribution in [1.29, 1.82) is 0 Å². The summed E-state index contributed by atoms with van der Waals surface area (Å²) in [7, 11) is -1.12. The van der Waals surface area contributed by atoms with Gasteiger partial charge in [0.25, 0.3) is 0 Å². The van der Waals surface area contributed by atoms with Crippen LogP contribution in [0.3, 0.4) is 0 Å². The molecule has 0 saturated heterocycles. The molecule has 0 aromatic heterocycles. The van der Waals surface area contributed by atoms with Gasteiger partial charge in [0.05, 0.1) is 0 Å². The minimum atomic E-state index is -1.12. The molecule has 0 fully saturated rings. The van der Waals surface area contributed by atoms with Crippen molar-refractivity contribution in [3.63, 3.8) is 0 Å². The highest BCUT2D eigenvalue weighted by molar-refractivity contribution is 9.10. The van der Waals surface area contributed by atoms with Gasteiger partial charge in [0.2, 0.25) is 0 Å². The van der Waals surface area contributed by atoms with Gasteiger partial charge < -0.3 is 10.0 Å². The highest BCUT2D eigenvalue weighted by Gasteiger charge is 1.96. The fourth-order valence-corrected chi connectivity index (χ4v) is 1.64. The van der Waals surface area contributed by atoms with Crippen LogP contribution in [0.25, 0.3) is 0 Å². The van der Waals surface area contributed by atoms with Crippen LogP contribution in [0.1, 0.15) is 40.1 Å². The first-order chi connectivity index (χ1) is 11.5. The van der Waals surface area contributed by atoms with Gasteiger partial charge in [-0.05, 0) is 30.4 Å². The zero-order valence-electron chi connectivity index (χ0n) is 13.9. The Hall–Kier alpha value is -1.76. The highest BCUT2D eigenvalue weighted by Crippen LogP contribution is 2.08. The molecule has 0 bridgehead atoms. The molecule has 6 heteroatoms. The molecule has 2 N–H and O–H groups in total. The third-order valence-electron chi connectivity index (χ3n) is 2.90. The Morgan fingerprint density at radius 3 is 1.54 bits per heavy atom. The summed E-state index contributed by atoms with van der Waals surface area (Å²) in [5.74, 6) is 0. The van der Waals surface area contributed by atoms with Crippen LogP contribution in [0.2, 0.25) is 6.32 Å². The van der Waals surface area contributed by atoms with Crippen molar-refractivity contribution in [2.45, 2.75) is 26.6 Å². The molecule has 24 heavy (non-hydrogen) atoms. The average Bonchev–Trinajstić information content (AvgIpc) is 2.63. The predicted octanol–water partition coefficient (Wildman–Crippen LogP) is 3.80. The Balaban J connectivity index is 0.000000351. The largest absolute Gasteiger partial charge is 0.451 e. The number of carbonyl (C=O) groups excluding carboxylic acids is 2. The lowest BCUT2D eigenvalue weighted by atomic mass is 9.88. The van der Waals surface area contributed by atoms with E-state index in [2.05, 4.69) is 22.9 Å². The average molecular weight is 393 g/mol. The van der Waals surface area contributed by atoms with Crippen molar-refractivity contribution in [3.05, 3.63) is 69.7 Å². The van der Waals surface area contributed by atoms with Crippen LogP contribution in [0.5, 0.6) is 0 Å². The summed E-state index contributed by atoms with van der Waals surface area (Å²) < 4.78 is 0.994. The minimum Gasteiger partial charge on any atom is -0.427 e. The molecule has 0 aliphatic rings. The van der Waals surface area contributed by atoms with Gasteiger partial charge in [-0.2, -0.15) is 0 Å². The standard InChI is InChI=1S/C9H10O.C7H5BrO.C2H7BO2/c1-2-8-3-5-9(7-10)6-4-8;8-7-3-1-6(5-9)2-4-7;1-2-3(4)5/h3-7H,2H2,1H3;1-5H;4-5H,2H2,1H3. The van der Waals surface area contributed by atoms with Crippen LogP contribution in [-0.4, -0.2) is 29.7 Å². The van der Waals surface area contributed by atoms with Crippen molar-refractivity contribution in [2.75, 3.05) is 0 Å². The van der Waals surface area contributed by atoms with Crippen molar-refractivity contribution >= 4 is 35.6 Å². The fraction of sp³-hybridized carbons (Fsp3) is 0.222. The Morgan fingerprint density at radius 2 is 1.25 bits per heavy atom. The van der Waals surface area contributed by atoms with Gasteiger partial charge in [0.15, 0.2) is 0 Å². The van der Waals surface area contributed by atoms with Crippen molar-refractivity contribution in [3.8, 4) is 0 Å². The van der Waals surface area contributed by atoms with Crippen LogP contribution >= 0.6 is 15.9 Å².